The van der Waals surface area contributed by atoms with E-state index in [2.05, 4.69) is 47.8 Å². The first kappa shape index (κ1) is 16.5. The summed E-state index contributed by atoms with van der Waals surface area (Å²) in [6.07, 6.45) is 10.7. The summed E-state index contributed by atoms with van der Waals surface area (Å²) < 4.78 is 2.08. The third-order valence-corrected chi connectivity index (χ3v) is 5.21. The summed E-state index contributed by atoms with van der Waals surface area (Å²) >= 11 is 0. The maximum atomic E-state index is 4.53. The summed E-state index contributed by atoms with van der Waals surface area (Å²) in [7, 11) is 0. The normalized spacial score (nSPS) is 19.3. The molecule has 1 aliphatic carbocycles. The highest BCUT2D eigenvalue weighted by Crippen LogP contribution is 2.44. The lowest BCUT2D eigenvalue weighted by Gasteiger charge is -2.37. The average Bonchev–Trinajstić information content (AvgIpc) is 3.12. The van der Waals surface area contributed by atoms with Gasteiger partial charge in [-0.25, -0.2) is 9.67 Å². The highest BCUT2D eigenvalue weighted by Gasteiger charge is 2.40. The molecule has 4 nitrogen and oxygen atoms in total. The number of hydrogen-bond acceptors (Lipinski definition) is 3. The molecule has 4 heteroatoms. The van der Waals surface area contributed by atoms with Crippen molar-refractivity contribution < 1.29 is 0 Å². The van der Waals surface area contributed by atoms with E-state index in [9.17, 15) is 0 Å². The molecule has 0 spiro atoms. The molecule has 1 heterocycles. The van der Waals surface area contributed by atoms with E-state index in [1.165, 1.54) is 38.5 Å². The molecule has 0 aromatic carbocycles. The van der Waals surface area contributed by atoms with Crippen LogP contribution in [0.15, 0.2) is 6.33 Å². The van der Waals surface area contributed by atoms with Crippen LogP contribution in [0.1, 0.15) is 78.1 Å². The first-order valence-corrected chi connectivity index (χ1v) is 8.74. The minimum absolute atomic E-state index is 0.385. The first-order chi connectivity index (χ1) is 10.1. The predicted molar refractivity (Wildman–Crippen MR) is 87.4 cm³/mol. The van der Waals surface area contributed by atoms with Crippen LogP contribution >= 0.6 is 0 Å². The second kappa shape index (κ2) is 7.39. The Kier molecular flexibility index (Phi) is 5.80. The third-order valence-electron chi connectivity index (χ3n) is 5.21. The molecular formula is C17H32N4. The predicted octanol–water partition coefficient (Wildman–Crippen LogP) is 3.74. The number of nitrogens with one attached hydrogen (secondary N) is 1. The van der Waals surface area contributed by atoms with Gasteiger partial charge in [-0.2, -0.15) is 5.10 Å². The Labute approximate surface area is 129 Å². The van der Waals surface area contributed by atoms with Crippen molar-refractivity contribution in [2.24, 2.45) is 5.41 Å². The van der Waals surface area contributed by atoms with Gasteiger partial charge in [0.15, 0.2) is 0 Å². The first-order valence-electron chi connectivity index (χ1n) is 8.74. The molecule has 1 fully saturated rings. The monoisotopic (exact) mass is 292 g/mol. The second-order valence-corrected chi connectivity index (χ2v) is 6.85. The molecule has 0 saturated heterocycles. The lowest BCUT2D eigenvalue weighted by atomic mass is 9.74. The molecule has 0 radical (unpaired) electrons. The fourth-order valence-electron chi connectivity index (χ4n) is 3.89. The van der Waals surface area contributed by atoms with Crippen LogP contribution in [0, 0.1) is 5.41 Å². The Morgan fingerprint density at radius 3 is 2.57 bits per heavy atom. The van der Waals surface area contributed by atoms with Crippen molar-refractivity contribution in [3.8, 4) is 0 Å². The van der Waals surface area contributed by atoms with Gasteiger partial charge in [-0.05, 0) is 51.5 Å². The van der Waals surface area contributed by atoms with E-state index in [0.29, 0.717) is 17.5 Å². The van der Waals surface area contributed by atoms with Crippen LogP contribution < -0.4 is 5.32 Å². The van der Waals surface area contributed by atoms with E-state index in [4.69, 9.17) is 0 Å². The summed E-state index contributed by atoms with van der Waals surface area (Å²) in [5, 5.41) is 8.23. The van der Waals surface area contributed by atoms with Crippen LogP contribution in [0.25, 0.3) is 0 Å². The van der Waals surface area contributed by atoms with E-state index in [0.717, 1.165) is 18.8 Å². The highest BCUT2D eigenvalue weighted by molar-refractivity contribution is 5.00. The van der Waals surface area contributed by atoms with Gasteiger partial charge in [-0.1, -0.05) is 26.7 Å². The Hall–Kier alpha value is -0.900. The lowest BCUT2D eigenvalue weighted by Crippen LogP contribution is -2.46. The van der Waals surface area contributed by atoms with Crippen molar-refractivity contribution in [2.45, 2.75) is 84.7 Å². The lowest BCUT2D eigenvalue weighted by molar-refractivity contribution is 0.181. The van der Waals surface area contributed by atoms with Crippen molar-refractivity contribution in [2.75, 3.05) is 6.54 Å². The van der Waals surface area contributed by atoms with Crippen molar-refractivity contribution in [3.63, 3.8) is 0 Å². The Bertz CT molecular complexity index is 418. The highest BCUT2D eigenvalue weighted by atomic mass is 15.3. The van der Waals surface area contributed by atoms with Crippen molar-refractivity contribution in [1.82, 2.24) is 20.1 Å². The van der Waals surface area contributed by atoms with Gasteiger partial charge in [-0.15, -0.1) is 0 Å². The van der Waals surface area contributed by atoms with Gasteiger partial charge in [0.25, 0.3) is 0 Å². The Morgan fingerprint density at radius 2 is 2.00 bits per heavy atom. The van der Waals surface area contributed by atoms with Crippen LogP contribution in [0.4, 0.5) is 0 Å². The molecule has 1 atom stereocenters. The van der Waals surface area contributed by atoms with Gasteiger partial charge in [-0.3, -0.25) is 0 Å². The summed E-state index contributed by atoms with van der Waals surface area (Å²) in [4.78, 5) is 4.53. The quantitative estimate of drug-likeness (QED) is 0.793. The summed E-state index contributed by atoms with van der Waals surface area (Å²) in [6, 6.07) is 0.919. The van der Waals surface area contributed by atoms with Gasteiger partial charge >= 0.3 is 0 Å². The van der Waals surface area contributed by atoms with Crippen LogP contribution in [0.2, 0.25) is 0 Å². The molecule has 1 aromatic rings. The molecule has 21 heavy (non-hydrogen) atoms. The molecule has 0 bridgehead atoms. The van der Waals surface area contributed by atoms with Crippen LogP contribution in [0.5, 0.6) is 0 Å². The molecular weight excluding hydrogens is 260 g/mol. The van der Waals surface area contributed by atoms with Crippen LogP contribution in [0.3, 0.4) is 0 Å². The Morgan fingerprint density at radius 1 is 1.29 bits per heavy atom. The van der Waals surface area contributed by atoms with E-state index in [1.54, 1.807) is 6.33 Å². The van der Waals surface area contributed by atoms with Crippen molar-refractivity contribution in [3.05, 3.63) is 12.2 Å². The third kappa shape index (κ3) is 3.65. The summed E-state index contributed by atoms with van der Waals surface area (Å²) in [5.74, 6) is 1.14. The number of aromatic nitrogens is 3. The van der Waals surface area contributed by atoms with E-state index in [1.807, 2.05) is 0 Å². The van der Waals surface area contributed by atoms with E-state index in [-0.39, 0.29) is 0 Å². The maximum Gasteiger partial charge on any atom is 0.138 e. The summed E-state index contributed by atoms with van der Waals surface area (Å²) in [6.45, 7) is 10.1. The molecule has 1 N–H and O–H groups in total. The SMILES string of the molecule is CCCNC(Cc1ncnn1C(C)C)C1(CC)CCCC1. The second-order valence-electron chi connectivity index (χ2n) is 6.85. The minimum atomic E-state index is 0.385. The van der Waals surface area contributed by atoms with E-state index >= 15 is 0 Å². The van der Waals surface area contributed by atoms with Gasteiger partial charge in [0.05, 0.1) is 0 Å². The number of nitrogens with zero attached hydrogens (tertiary/aromatic N) is 3. The topological polar surface area (TPSA) is 42.7 Å². The van der Waals surface area contributed by atoms with Crippen molar-refractivity contribution >= 4 is 0 Å². The van der Waals surface area contributed by atoms with Gasteiger partial charge in [0.2, 0.25) is 0 Å². The fraction of sp³-hybridized carbons (Fsp3) is 0.882. The smallest absolute Gasteiger partial charge is 0.138 e. The van der Waals surface area contributed by atoms with Gasteiger partial charge in [0, 0.05) is 18.5 Å². The minimum Gasteiger partial charge on any atom is -0.313 e. The average molecular weight is 292 g/mol. The zero-order valence-electron chi connectivity index (χ0n) is 14.2. The van der Waals surface area contributed by atoms with Crippen LogP contribution in [-0.4, -0.2) is 27.4 Å². The fourth-order valence-corrected chi connectivity index (χ4v) is 3.89. The van der Waals surface area contributed by atoms with Gasteiger partial charge in [0.1, 0.15) is 12.2 Å². The zero-order chi connectivity index (χ0) is 15.3. The largest absolute Gasteiger partial charge is 0.313 e. The molecule has 1 aromatic heterocycles. The van der Waals surface area contributed by atoms with Crippen LogP contribution in [-0.2, 0) is 6.42 Å². The maximum absolute atomic E-state index is 4.53. The molecule has 120 valence electrons. The summed E-state index contributed by atoms with van der Waals surface area (Å²) in [5.41, 5.74) is 0.461. The number of hydrogen-bond donors (Lipinski definition) is 1. The van der Waals surface area contributed by atoms with Gasteiger partial charge < -0.3 is 5.32 Å². The molecule has 0 aliphatic heterocycles. The molecule has 0 amide bonds. The molecule has 1 unspecified atom stereocenters. The zero-order valence-corrected chi connectivity index (χ0v) is 14.2. The number of rotatable bonds is 8. The molecule has 1 saturated carbocycles. The molecule has 1 aliphatic rings. The van der Waals surface area contributed by atoms with E-state index < -0.39 is 0 Å². The van der Waals surface area contributed by atoms with Crippen molar-refractivity contribution in [1.29, 1.82) is 0 Å². The Balaban J connectivity index is 2.17. The molecule has 2 rings (SSSR count). The standard InChI is InChI=1S/C17H32N4/c1-5-11-18-15(17(6-2)9-7-8-10-17)12-16-19-13-20-21(16)14(3)4/h13-15,18H,5-12H2,1-4H3.